The number of urea groups is 1. The zero-order valence-corrected chi connectivity index (χ0v) is 16.3. The molecular formula is C21H30N4O3. The van der Waals surface area contributed by atoms with E-state index in [1.165, 1.54) is 6.42 Å². The number of para-hydroxylation sites is 1. The van der Waals surface area contributed by atoms with Crippen LogP contribution in [0.5, 0.6) is 0 Å². The molecule has 0 atom stereocenters. The van der Waals surface area contributed by atoms with Crippen LogP contribution in [0.4, 0.5) is 10.5 Å². The average Bonchev–Trinajstić information content (AvgIpc) is 2.70. The van der Waals surface area contributed by atoms with E-state index < -0.39 is 6.03 Å². The Morgan fingerprint density at radius 3 is 2.29 bits per heavy atom. The third kappa shape index (κ3) is 6.34. The highest BCUT2D eigenvalue weighted by Crippen LogP contribution is 2.24. The summed E-state index contributed by atoms with van der Waals surface area (Å²) < 4.78 is 0. The van der Waals surface area contributed by atoms with Gasteiger partial charge in [0, 0.05) is 30.7 Å². The highest BCUT2D eigenvalue weighted by molar-refractivity contribution is 6.01. The van der Waals surface area contributed by atoms with E-state index in [0.29, 0.717) is 5.69 Å². The molecule has 1 aromatic carbocycles. The summed E-state index contributed by atoms with van der Waals surface area (Å²) in [5, 5.41) is 8.19. The van der Waals surface area contributed by atoms with E-state index in [-0.39, 0.29) is 30.3 Å². The molecule has 3 rings (SSSR count). The lowest BCUT2D eigenvalue weighted by atomic mass is 9.88. The first-order valence-electron chi connectivity index (χ1n) is 10.3. The smallest absolute Gasteiger partial charge is 0.325 e. The summed E-state index contributed by atoms with van der Waals surface area (Å²) >= 11 is 0. The molecule has 4 amide bonds. The maximum absolute atomic E-state index is 12.4. The van der Waals surface area contributed by atoms with Gasteiger partial charge in [0.15, 0.2) is 0 Å². The first kappa shape index (κ1) is 20.3. The number of carbonyl (C=O) groups excluding carboxylic acids is 3. The van der Waals surface area contributed by atoms with Crippen LogP contribution >= 0.6 is 0 Å². The number of likely N-dealkylation sites (tertiary alicyclic amines) is 1. The Kier molecular flexibility index (Phi) is 7.42. The summed E-state index contributed by atoms with van der Waals surface area (Å²) in [6, 6.07) is 8.67. The van der Waals surface area contributed by atoms with Crippen molar-refractivity contribution in [2.24, 2.45) is 5.92 Å². The Hall–Kier alpha value is -2.41. The van der Waals surface area contributed by atoms with Crippen molar-refractivity contribution in [3.05, 3.63) is 30.3 Å². The fourth-order valence-corrected chi connectivity index (χ4v) is 3.97. The Labute approximate surface area is 166 Å². The number of carbonyl (C=O) groups is 3. The van der Waals surface area contributed by atoms with E-state index in [2.05, 4.69) is 16.0 Å². The summed E-state index contributed by atoms with van der Waals surface area (Å²) in [6.07, 6.45) is 7.25. The number of imide groups is 1. The minimum absolute atomic E-state index is 0.181. The second-order valence-electron chi connectivity index (χ2n) is 7.76. The second-order valence-corrected chi connectivity index (χ2v) is 7.76. The number of piperidine rings is 1. The van der Waals surface area contributed by atoms with Crippen LogP contribution in [0.3, 0.4) is 0 Å². The summed E-state index contributed by atoms with van der Waals surface area (Å²) in [5.74, 6) is 0.0623. The molecule has 1 aromatic rings. The minimum Gasteiger partial charge on any atom is -0.353 e. The molecule has 0 unspecified atom stereocenters. The molecule has 1 heterocycles. The first-order valence-corrected chi connectivity index (χ1v) is 10.3. The molecule has 152 valence electrons. The molecule has 0 radical (unpaired) electrons. The van der Waals surface area contributed by atoms with Crippen LogP contribution in [0.2, 0.25) is 0 Å². The quantitative estimate of drug-likeness (QED) is 0.725. The van der Waals surface area contributed by atoms with Crippen molar-refractivity contribution in [3.63, 3.8) is 0 Å². The summed E-state index contributed by atoms with van der Waals surface area (Å²) in [5.41, 5.74) is 0.641. The van der Waals surface area contributed by atoms with E-state index >= 15 is 0 Å². The van der Waals surface area contributed by atoms with Gasteiger partial charge in [0.2, 0.25) is 11.8 Å². The van der Waals surface area contributed by atoms with E-state index in [1.807, 2.05) is 23.1 Å². The van der Waals surface area contributed by atoms with E-state index in [0.717, 1.165) is 51.6 Å². The van der Waals surface area contributed by atoms with Crippen molar-refractivity contribution in [3.8, 4) is 0 Å². The molecule has 2 aliphatic rings. The molecule has 1 saturated carbocycles. The van der Waals surface area contributed by atoms with Crippen LogP contribution in [0.15, 0.2) is 30.3 Å². The molecular weight excluding hydrogens is 356 g/mol. The van der Waals surface area contributed by atoms with Crippen molar-refractivity contribution >= 4 is 23.5 Å². The molecule has 28 heavy (non-hydrogen) atoms. The lowest BCUT2D eigenvalue weighted by molar-refractivity contribution is -0.127. The number of benzene rings is 1. The number of hydrogen-bond acceptors (Lipinski definition) is 4. The van der Waals surface area contributed by atoms with Crippen LogP contribution in [0, 0.1) is 5.92 Å². The SMILES string of the molecule is O=C(CN1CCC(NC(=O)C2CCCCC2)CC1)NC(=O)Nc1ccccc1. The lowest BCUT2D eigenvalue weighted by Crippen LogP contribution is -2.49. The van der Waals surface area contributed by atoms with E-state index in [9.17, 15) is 14.4 Å². The van der Waals surface area contributed by atoms with E-state index in [4.69, 9.17) is 0 Å². The van der Waals surface area contributed by atoms with Crippen molar-refractivity contribution in [2.75, 3.05) is 25.0 Å². The summed E-state index contributed by atoms with van der Waals surface area (Å²) in [7, 11) is 0. The zero-order chi connectivity index (χ0) is 19.8. The number of amides is 4. The highest BCUT2D eigenvalue weighted by atomic mass is 16.2. The molecule has 0 bridgehead atoms. The predicted molar refractivity (Wildman–Crippen MR) is 108 cm³/mol. The van der Waals surface area contributed by atoms with Crippen LogP contribution < -0.4 is 16.0 Å². The van der Waals surface area contributed by atoms with Gasteiger partial charge >= 0.3 is 6.03 Å². The van der Waals surface area contributed by atoms with Crippen LogP contribution in [-0.4, -0.2) is 48.4 Å². The fraction of sp³-hybridized carbons (Fsp3) is 0.571. The van der Waals surface area contributed by atoms with Gasteiger partial charge in [-0.05, 0) is 37.8 Å². The second kappa shape index (κ2) is 10.2. The number of rotatable bonds is 5. The molecule has 1 saturated heterocycles. The topological polar surface area (TPSA) is 90.5 Å². The molecule has 1 aliphatic carbocycles. The predicted octanol–water partition coefficient (Wildman–Crippen LogP) is 2.50. The normalized spacial score (nSPS) is 19.0. The highest BCUT2D eigenvalue weighted by Gasteiger charge is 2.26. The first-order chi connectivity index (χ1) is 13.6. The van der Waals surface area contributed by atoms with Crippen molar-refractivity contribution in [1.29, 1.82) is 0 Å². The summed E-state index contributed by atoms with van der Waals surface area (Å²) in [6.45, 7) is 1.66. The van der Waals surface area contributed by atoms with Gasteiger partial charge in [-0.3, -0.25) is 19.8 Å². The third-order valence-corrected chi connectivity index (χ3v) is 5.56. The van der Waals surface area contributed by atoms with E-state index in [1.54, 1.807) is 12.1 Å². The minimum atomic E-state index is -0.522. The monoisotopic (exact) mass is 386 g/mol. The van der Waals surface area contributed by atoms with Gasteiger partial charge in [-0.15, -0.1) is 0 Å². The van der Waals surface area contributed by atoms with Gasteiger partial charge < -0.3 is 10.6 Å². The van der Waals surface area contributed by atoms with Crippen LogP contribution in [-0.2, 0) is 9.59 Å². The summed E-state index contributed by atoms with van der Waals surface area (Å²) in [4.78, 5) is 38.4. The zero-order valence-electron chi connectivity index (χ0n) is 16.3. The Bertz CT molecular complexity index is 665. The number of hydrogen-bond donors (Lipinski definition) is 3. The molecule has 7 heteroatoms. The number of anilines is 1. The maximum Gasteiger partial charge on any atom is 0.325 e. The van der Waals surface area contributed by atoms with Gasteiger partial charge in [-0.25, -0.2) is 4.79 Å². The fourth-order valence-electron chi connectivity index (χ4n) is 3.97. The molecule has 0 aromatic heterocycles. The van der Waals surface area contributed by atoms with Gasteiger partial charge in [-0.2, -0.15) is 0 Å². The average molecular weight is 386 g/mol. The molecule has 7 nitrogen and oxygen atoms in total. The van der Waals surface area contributed by atoms with Crippen LogP contribution in [0.25, 0.3) is 0 Å². The molecule has 2 fully saturated rings. The van der Waals surface area contributed by atoms with Gasteiger partial charge in [0.05, 0.1) is 6.54 Å². The maximum atomic E-state index is 12.4. The van der Waals surface area contributed by atoms with Crippen LogP contribution in [0.1, 0.15) is 44.9 Å². The van der Waals surface area contributed by atoms with Crippen molar-refractivity contribution in [1.82, 2.24) is 15.5 Å². The largest absolute Gasteiger partial charge is 0.353 e. The number of nitrogens with zero attached hydrogens (tertiary/aromatic N) is 1. The lowest BCUT2D eigenvalue weighted by Gasteiger charge is -2.33. The Morgan fingerprint density at radius 1 is 0.929 bits per heavy atom. The third-order valence-electron chi connectivity index (χ3n) is 5.56. The van der Waals surface area contributed by atoms with Crippen molar-refractivity contribution in [2.45, 2.75) is 51.0 Å². The van der Waals surface area contributed by atoms with Gasteiger partial charge in [0.1, 0.15) is 0 Å². The standard InChI is InChI=1S/C21H30N4O3/c26-19(24-21(28)23-17-9-5-2-6-10-17)15-25-13-11-18(12-14-25)22-20(27)16-7-3-1-4-8-16/h2,5-6,9-10,16,18H,1,3-4,7-8,11-15H2,(H,22,27)(H2,23,24,26,28). The Balaban J connectivity index is 1.33. The van der Waals surface area contributed by atoms with Crippen molar-refractivity contribution < 1.29 is 14.4 Å². The molecule has 3 N–H and O–H groups in total. The molecule has 1 aliphatic heterocycles. The molecule has 0 spiro atoms. The van der Waals surface area contributed by atoms with Gasteiger partial charge in [-0.1, -0.05) is 37.5 Å². The Morgan fingerprint density at radius 2 is 1.61 bits per heavy atom. The van der Waals surface area contributed by atoms with Gasteiger partial charge in [0.25, 0.3) is 0 Å². The number of nitrogens with one attached hydrogen (secondary N) is 3.